The molecule has 1 heterocycles. The monoisotopic (exact) mass is 383 g/mol. The second-order valence-electron chi connectivity index (χ2n) is 5.43. The zero-order chi connectivity index (χ0) is 14.8. The minimum absolute atomic E-state index is 0.399. The largest absolute Gasteiger partial charge is 0.316 e. The molecule has 3 rings (SSSR count). The van der Waals surface area contributed by atoms with Gasteiger partial charge in [-0.1, -0.05) is 57.3 Å². The summed E-state index contributed by atoms with van der Waals surface area (Å²) in [5.41, 5.74) is 2.50. The quantitative estimate of drug-likeness (QED) is 0.708. The Morgan fingerprint density at radius 1 is 1.05 bits per heavy atom. The topological polar surface area (TPSA) is 12.0 Å². The van der Waals surface area contributed by atoms with E-state index in [0.717, 1.165) is 34.0 Å². The lowest BCUT2D eigenvalue weighted by molar-refractivity contribution is 0.404. The first-order valence-corrected chi connectivity index (χ1v) is 8.61. The summed E-state index contributed by atoms with van der Waals surface area (Å²) in [7, 11) is 0. The van der Waals surface area contributed by atoms with Crippen LogP contribution in [0.15, 0.2) is 46.9 Å². The van der Waals surface area contributed by atoms with Crippen LogP contribution in [-0.2, 0) is 0 Å². The fourth-order valence-electron chi connectivity index (χ4n) is 3.12. The van der Waals surface area contributed by atoms with Gasteiger partial charge in [0.15, 0.2) is 0 Å². The molecule has 2 atom stereocenters. The molecule has 1 saturated heterocycles. The highest BCUT2D eigenvalue weighted by atomic mass is 79.9. The lowest BCUT2D eigenvalue weighted by atomic mass is 9.77. The van der Waals surface area contributed by atoms with Crippen molar-refractivity contribution in [3.05, 3.63) is 68.1 Å². The summed E-state index contributed by atoms with van der Waals surface area (Å²) in [6, 6.07) is 14.4. The molecule has 110 valence electrons. The molecule has 4 heteroatoms. The number of hydrogen-bond acceptors (Lipinski definition) is 1. The predicted octanol–water partition coefficient (Wildman–Crippen LogP) is 5.62. The molecule has 1 aliphatic rings. The van der Waals surface area contributed by atoms with Crippen molar-refractivity contribution in [2.75, 3.05) is 13.1 Å². The molecule has 1 N–H and O–H groups in total. The average Bonchev–Trinajstić information content (AvgIpc) is 2.47. The molecule has 0 amide bonds. The van der Waals surface area contributed by atoms with Gasteiger partial charge < -0.3 is 5.32 Å². The SMILES string of the molecule is Clc1cccc(C2CNCCC2c2ccc(Br)cc2Cl)c1. The number of piperidine rings is 1. The molecule has 0 bridgehead atoms. The van der Waals surface area contributed by atoms with Gasteiger partial charge >= 0.3 is 0 Å². The Labute approximate surface area is 143 Å². The maximum Gasteiger partial charge on any atom is 0.0452 e. The van der Waals surface area contributed by atoms with Crippen molar-refractivity contribution in [2.24, 2.45) is 0 Å². The molecule has 0 radical (unpaired) electrons. The molecule has 1 nitrogen and oxygen atoms in total. The number of benzene rings is 2. The smallest absolute Gasteiger partial charge is 0.0452 e. The minimum atomic E-state index is 0.399. The first-order valence-electron chi connectivity index (χ1n) is 7.06. The molecule has 2 unspecified atom stereocenters. The third-order valence-electron chi connectivity index (χ3n) is 4.12. The molecule has 1 aliphatic heterocycles. The predicted molar refractivity (Wildman–Crippen MR) is 93.6 cm³/mol. The van der Waals surface area contributed by atoms with Gasteiger partial charge in [0.1, 0.15) is 0 Å². The van der Waals surface area contributed by atoms with Crippen LogP contribution in [0.25, 0.3) is 0 Å². The molecule has 0 spiro atoms. The Kier molecular flexibility index (Phi) is 4.90. The van der Waals surface area contributed by atoms with Gasteiger partial charge in [-0.3, -0.25) is 0 Å². The van der Waals surface area contributed by atoms with E-state index >= 15 is 0 Å². The zero-order valence-electron chi connectivity index (χ0n) is 11.5. The van der Waals surface area contributed by atoms with Crippen LogP contribution in [0.5, 0.6) is 0 Å². The molecule has 0 aliphatic carbocycles. The van der Waals surface area contributed by atoms with Gasteiger partial charge in [0.2, 0.25) is 0 Å². The van der Waals surface area contributed by atoms with E-state index in [-0.39, 0.29) is 0 Å². The molecule has 0 saturated carbocycles. The van der Waals surface area contributed by atoms with Gasteiger partial charge in [0, 0.05) is 27.0 Å². The Hall–Kier alpha value is -0.540. The molecule has 21 heavy (non-hydrogen) atoms. The van der Waals surface area contributed by atoms with E-state index < -0.39 is 0 Å². The normalized spacial score (nSPS) is 22.2. The summed E-state index contributed by atoms with van der Waals surface area (Å²) in [4.78, 5) is 0. The van der Waals surface area contributed by atoms with Crippen LogP contribution in [0.2, 0.25) is 10.0 Å². The van der Waals surface area contributed by atoms with Crippen molar-refractivity contribution >= 4 is 39.1 Å². The average molecular weight is 385 g/mol. The summed E-state index contributed by atoms with van der Waals surface area (Å²) >= 11 is 16.1. The molecular formula is C17H16BrCl2N. The summed E-state index contributed by atoms with van der Waals surface area (Å²) in [6.07, 6.45) is 1.08. The van der Waals surface area contributed by atoms with Gasteiger partial charge in [-0.15, -0.1) is 0 Å². The second-order valence-corrected chi connectivity index (χ2v) is 7.19. The standard InChI is InChI=1S/C17H16BrCl2N/c18-12-4-5-15(17(20)9-12)14-6-7-21-10-16(14)11-2-1-3-13(19)8-11/h1-5,8-9,14,16,21H,6-7,10H2. The number of rotatable bonds is 2. The van der Waals surface area contributed by atoms with E-state index in [2.05, 4.69) is 45.5 Å². The van der Waals surface area contributed by atoms with Gasteiger partial charge in [0.05, 0.1) is 0 Å². The number of halogens is 3. The summed E-state index contributed by atoms with van der Waals surface area (Å²) in [5, 5.41) is 5.11. The summed E-state index contributed by atoms with van der Waals surface area (Å²) < 4.78 is 1.02. The highest BCUT2D eigenvalue weighted by Crippen LogP contribution is 2.41. The Balaban J connectivity index is 1.98. The Morgan fingerprint density at radius 3 is 2.67 bits per heavy atom. The number of nitrogens with one attached hydrogen (secondary N) is 1. The Bertz CT molecular complexity index is 644. The van der Waals surface area contributed by atoms with E-state index in [9.17, 15) is 0 Å². The van der Waals surface area contributed by atoms with Crippen molar-refractivity contribution in [1.82, 2.24) is 5.32 Å². The van der Waals surface area contributed by atoms with Crippen molar-refractivity contribution < 1.29 is 0 Å². The van der Waals surface area contributed by atoms with E-state index in [1.165, 1.54) is 11.1 Å². The summed E-state index contributed by atoms with van der Waals surface area (Å²) in [5.74, 6) is 0.821. The van der Waals surface area contributed by atoms with E-state index in [1.807, 2.05) is 18.2 Å². The maximum atomic E-state index is 6.47. The third kappa shape index (κ3) is 3.45. The fraction of sp³-hybridized carbons (Fsp3) is 0.294. The van der Waals surface area contributed by atoms with Crippen LogP contribution in [0.1, 0.15) is 29.4 Å². The van der Waals surface area contributed by atoms with Crippen LogP contribution in [0, 0.1) is 0 Å². The molecule has 2 aromatic carbocycles. The van der Waals surface area contributed by atoms with E-state index in [1.54, 1.807) is 0 Å². The molecular weight excluding hydrogens is 369 g/mol. The van der Waals surface area contributed by atoms with Crippen molar-refractivity contribution in [3.63, 3.8) is 0 Å². The maximum absolute atomic E-state index is 6.47. The van der Waals surface area contributed by atoms with Gasteiger partial charge in [-0.25, -0.2) is 0 Å². The van der Waals surface area contributed by atoms with Crippen LogP contribution < -0.4 is 5.32 Å². The fourth-order valence-corrected chi connectivity index (χ4v) is 4.13. The van der Waals surface area contributed by atoms with E-state index in [4.69, 9.17) is 23.2 Å². The highest BCUT2D eigenvalue weighted by molar-refractivity contribution is 9.10. The van der Waals surface area contributed by atoms with Crippen LogP contribution in [0.3, 0.4) is 0 Å². The lowest BCUT2D eigenvalue weighted by Crippen LogP contribution is -2.34. The summed E-state index contributed by atoms with van der Waals surface area (Å²) in [6.45, 7) is 1.98. The van der Waals surface area contributed by atoms with Gasteiger partial charge in [-0.05, 0) is 54.3 Å². The van der Waals surface area contributed by atoms with Crippen LogP contribution >= 0.6 is 39.1 Å². The zero-order valence-corrected chi connectivity index (χ0v) is 14.5. The highest BCUT2D eigenvalue weighted by Gasteiger charge is 2.29. The minimum Gasteiger partial charge on any atom is -0.316 e. The third-order valence-corrected chi connectivity index (χ3v) is 5.18. The molecule has 0 aromatic heterocycles. The van der Waals surface area contributed by atoms with Crippen molar-refractivity contribution in [1.29, 1.82) is 0 Å². The van der Waals surface area contributed by atoms with Crippen LogP contribution in [0.4, 0.5) is 0 Å². The Morgan fingerprint density at radius 2 is 1.90 bits per heavy atom. The van der Waals surface area contributed by atoms with Crippen LogP contribution in [-0.4, -0.2) is 13.1 Å². The molecule has 2 aromatic rings. The second kappa shape index (κ2) is 6.70. The first-order chi connectivity index (χ1) is 10.1. The first kappa shape index (κ1) is 15.4. The number of hydrogen-bond donors (Lipinski definition) is 1. The lowest BCUT2D eigenvalue weighted by Gasteiger charge is -2.33. The van der Waals surface area contributed by atoms with Crippen molar-refractivity contribution in [2.45, 2.75) is 18.3 Å². The van der Waals surface area contributed by atoms with Crippen molar-refractivity contribution in [3.8, 4) is 0 Å². The molecule has 1 fully saturated rings. The van der Waals surface area contributed by atoms with Gasteiger partial charge in [-0.2, -0.15) is 0 Å². The van der Waals surface area contributed by atoms with Gasteiger partial charge in [0.25, 0.3) is 0 Å². The van der Waals surface area contributed by atoms with E-state index in [0.29, 0.717) is 11.8 Å².